The first-order chi connectivity index (χ1) is 19.1. The number of aryl methyl sites for hydroxylation is 2. The van der Waals surface area contributed by atoms with E-state index >= 15 is 0 Å². The smallest absolute Gasteiger partial charge is 0.430 e. The van der Waals surface area contributed by atoms with Crippen LogP contribution in [0.4, 0.5) is 13.2 Å². The van der Waals surface area contributed by atoms with Crippen LogP contribution in [0.1, 0.15) is 17.7 Å². The lowest BCUT2D eigenvalue weighted by Gasteiger charge is -2.21. The number of aromatic nitrogens is 2. The standard InChI is InChI=1S/C29H28N2PS.C2HF3O2/c1-24-29(32(33,26-17-7-3-8-18-26)27-19-9-4-10-20-27)31-22-12-11-21-28(31)30(24)23-13-16-25-14-5-2-6-15-25;3-2(4,5)1(6)7/h2-12,14-15,17-22H,13,16,23H2,1H3;(H,6,7)/q+1;/p-1. The molecule has 4 nitrogen and oxygen atoms in total. The quantitative estimate of drug-likeness (QED) is 0.214. The Hall–Kier alpha value is -3.74. The maximum atomic E-state index is 10.5. The molecule has 0 saturated carbocycles. The number of carbonyl (C=O) groups excluding carboxylic acids is 1. The third-order valence-electron chi connectivity index (χ3n) is 6.53. The zero-order chi connectivity index (χ0) is 28.8. The molecule has 0 saturated heterocycles. The van der Waals surface area contributed by atoms with Crippen molar-refractivity contribution in [2.24, 2.45) is 0 Å². The van der Waals surface area contributed by atoms with Crippen LogP contribution in [0.2, 0.25) is 0 Å². The Balaban J connectivity index is 0.000000470. The Kier molecular flexibility index (Phi) is 9.23. The minimum atomic E-state index is -5.19. The minimum Gasteiger partial charge on any atom is -0.542 e. The van der Waals surface area contributed by atoms with Crippen molar-refractivity contribution in [3.05, 3.63) is 127 Å². The number of nitrogens with zero attached hydrogens (tertiary/aromatic N) is 2. The van der Waals surface area contributed by atoms with E-state index in [1.54, 1.807) is 0 Å². The average Bonchev–Trinajstić information content (AvgIpc) is 3.25. The number of fused-ring (bicyclic) bond motifs is 1. The lowest BCUT2D eigenvalue weighted by atomic mass is 10.1. The summed E-state index contributed by atoms with van der Waals surface area (Å²) in [7, 11) is 0. The van der Waals surface area contributed by atoms with Gasteiger partial charge in [-0.05, 0) is 35.1 Å². The molecule has 0 bridgehead atoms. The average molecular weight is 581 g/mol. The number of carbonyl (C=O) groups is 1. The molecular weight excluding hydrogens is 552 g/mol. The molecule has 0 aliphatic heterocycles. The summed E-state index contributed by atoms with van der Waals surface area (Å²) in [4.78, 5) is 8.78. The van der Waals surface area contributed by atoms with Crippen molar-refractivity contribution in [2.75, 3.05) is 0 Å². The Morgan fingerprint density at radius 2 is 1.32 bits per heavy atom. The fourth-order valence-corrected chi connectivity index (χ4v) is 9.13. The number of alkyl halides is 3. The molecule has 5 aromatic rings. The van der Waals surface area contributed by atoms with Gasteiger partial charge in [-0.3, -0.25) is 0 Å². The Labute approximate surface area is 236 Å². The first-order valence-electron chi connectivity index (χ1n) is 12.7. The molecule has 206 valence electrons. The highest BCUT2D eigenvalue weighted by Crippen LogP contribution is 2.43. The van der Waals surface area contributed by atoms with Crippen molar-refractivity contribution in [1.82, 2.24) is 4.57 Å². The summed E-state index contributed by atoms with van der Waals surface area (Å²) in [6.45, 7) is 3.21. The van der Waals surface area contributed by atoms with Crippen molar-refractivity contribution in [3.8, 4) is 0 Å². The highest BCUT2D eigenvalue weighted by atomic mass is 32.4. The van der Waals surface area contributed by atoms with Crippen molar-refractivity contribution >= 4 is 45.5 Å². The fraction of sp³-hybridized carbons (Fsp3) is 0.161. The van der Waals surface area contributed by atoms with Gasteiger partial charge in [-0.2, -0.15) is 17.6 Å². The summed E-state index contributed by atoms with van der Waals surface area (Å²) in [5, 5.41) is 11.2. The van der Waals surface area contributed by atoms with Gasteiger partial charge in [-0.1, -0.05) is 109 Å². The number of aliphatic carboxylic acids is 1. The van der Waals surface area contributed by atoms with Gasteiger partial charge in [0, 0.05) is 13.0 Å². The number of imidazole rings is 1. The number of halogens is 3. The molecule has 0 radical (unpaired) electrons. The number of hydrogen-bond acceptors (Lipinski definition) is 3. The van der Waals surface area contributed by atoms with Gasteiger partial charge in [0.15, 0.2) is 5.44 Å². The van der Waals surface area contributed by atoms with Gasteiger partial charge in [0.1, 0.15) is 11.7 Å². The number of carboxylic acid groups (broad SMARTS) is 1. The molecule has 0 amide bonds. The van der Waals surface area contributed by atoms with E-state index in [0.717, 1.165) is 19.4 Å². The monoisotopic (exact) mass is 580 g/mol. The van der Waals surface area contributed by atoms with E-state index in [4.69, 9.17) is 21.7 Å². The summed E-state index contributed by atoms with van der Waals surface area (Å²) < 4.78 is 36.4. The molecule has 0 N–H and O–H groups in total. The first kappa shape index (κ1) is 29.2. The largest absolute Gasteiger partial charge is 0.542 e. The SMILES string of the molecule is Cc1c(P(=S)(c2ccccc2)c2ccccc2)[n+]2ccccc2n1CCCc1ccccc1.O=C([O-])C(F)(F)F. The zero-order valence-electron chi connectivity index (χ0n) is 21.8. The predicted octanol–water partition coefficient (Wildman–Crippen LogP) is 4.22. The Morgan fingerprint density at radius 1 is 0.850 bits per heavy atom. The summed E-state index contributed by atoms with van der Waals surface area (Å²) >= 11 is 6.70. The lowest BCUT2D eigenvalue weighted by Crippen LogP contribution is -2.42. The number of rotatable bonds is 7. The van der Waals surface area contributed by atoms with Gasteiger partial charge < -0.3 is 9.90 Å². The molecule has 0 spiro atoms. The first-order valence-corrected chi connectivity index (χ1v) is 15.5. The second-order valence-corrected chi connectivity index (χ2v) is 13.5. The van der Waals surface area contributed by atoms with E-state index in [9.17, 15) is 13.2 Å². The van der Waals surface area contributed by atoms with E-state index in [1.807, 2.05) is 0 Å². The van der Waals surface area contributed by atoms with Gasteiger partial charge in [0.25, 0.3) is 5.65 Å². The highest BCUT2D eigenvalue weighted by Gasteiger charge is 2.36. The predicted molar refractivity (Wildman–Crippen MR) is 154 cm³/mol. The van der Waals surface area contributed by atoms with Gasteiger partial charge in [0.05, 0.1) is 18.8 Å². The Morgan fingerprint density at radius 3 is 1.82 bits per heavy atom. The van der Waals surface area contributed by atoms with E-state index in [2.05, 4.69) is 131 Å². The van der Waals surface area contributed by atoms with E-state index in [0.29, 0.717) is 0 Å². The minimum absolute atomic E-state index is 0.965. The zero-order valence-corrected chi connectivity index (χ0v) is 23.5. The van der Waals surface area contributed by atoms with E-state index in [-0.39, 0.29) is 0 Å². The van der Waals surface area contributed by atoms with Crippen LogP contribution in [0.5, 0.6) is 0 Å². The maximum absolute atomic E-state index is 10.5. The second kappa shape index (κ2) is 12.6. The van der Waals surface area contributed by atoms with Crippen molar-refractivity contribution < 1.29 is 27.5 Å². The fourth-order valence-electron chi connectivity index (χ4n) is 4.72. The summed E-state index contributed by atoms with van der Waals surface area (Å²) in [5.41, 5.74) is 5.12. The molecular formula is C31H28F3N2O2PS. The number of hydrogen-bond donors (Lipinski definition) is 0. The van der Waals surface area contributed by atoms with Crippen LogP contribution in [0.3, 0.4) is 0 Å². The molecule has 0 unspecified atom stereocenters. The van der Waals surface area contributed by atoms with Gasteiger partial charge >= 0.3 is 6.18 Å². The second-order valence-electron chi connectivity index (χ2n) is 9.14. The number of benzene rings is 3. The molecule has 3 aromatic carbocycles. The molecule has 5 rings (SSSR count). The number of carboxylic acids is 1. The molecule has 9 heteroatoms. The normalized spacial score (nSPS) is 11.6. The van der Waals surface area contributed by atoms with Gasteiger partial charge in [0.2, 0.25) is 0 Å². The summed E-state index contributed by atoms with van der Waals surface area (Å²) in [6, 6.07) is 36.3. The van der Waals surface area contributed by atoms with Crippen molar-refractivity contribution in [1.29, 1.82) is 0 Å². The van der Waals surface area contributed by atoms with E-state index in [1.165, 1.54) is 32.9 Å². The molecule has 0 atom stereocenters. The molecule has 2 heterocycles. The lowest BCUT2D eigenvalue weighted by molar-refractivity contribution is -0.490. The van der Waals surface area contributed by atoms with Crippen LogP contribution in [0.15, 0.2) is 115 Å². The highest BCUT2D eigenvalue weighted by molar-refractivity contribution is 8.25. The summed E-state index contributed by atoms with van der Waals surface area (Å²) in [6.07, 6.45) is -0.861. The van der Waals surface area contributed by atoms with Crippen LogP contribution in [0.25, 0.3) is 5.65 Å². The Bertz CT molecular complexity index is 1580. The maximum Gasteiger partial charge on any atom is 0.430 e. The van der Waals surface area contributed by atoms with Crippen LogP contribution in [0, 0.1) is 6.92 Å². The van der Waals surface area contributed by atoms with Crippen LogP contribution in [-0.2, 0) is 29.6 Å². The summed E-state index contributed by atoms with van der Waals surface area (Å²) in [5.74, 6) is -3.01. The third-order valence-corrected chi connectivity index (χ3v) is 11.5. The molecule has 0 fully saturated rings. The van der Waals surface area contributed by atoms with Crippen LogP contribution >= 0.6 is 6.04 Å². The number of pyridine rings is 1. The van der Waals surface area contributed by atoms with E-state index < -0.39 is 18.2 Å². The van der Waals surface area contributed by atoms with Crippen LogP contribution in [-0.4, -0.2) is 16.7 Å². The van der Waals surface area contributed by atoms with Crippen LogP contribution < -0.4 is 25.6 Å². The topological polar surface area (TPSA) is 49.2 Å². The third kappa shape index (κ3) is 6.35. The van der Waals surface area contributed by atoms with Crippen molar-refractivity contribution in [3.63, 3.8) is 0 Å². The molecule has 40 heavy (non-hydrogen) atoms. The van der Waals surface area contributed by atoms with Crippen molar-refractivity contribution in [2.45, 2.75) is 32.5 Å². The van der Waals surface area contributed by atoms with Gasteiger partial charge in [-0.25, -0.2) is 4.57 Å². The molecule has 0 aliphatic rings. The molecule has 2 aromatic heterocycles. The molecule has 0 aliphatic carbocycles. The van der Waals surface area contributed by atoms with Gasteiger partial charge in [-0.15, -0.1) is 0 Å².